The van der Waals surface area contributed by atoms with E-state index < -0.39 is 0 Å². The fourth-order valence-corrected chi connectivity index (χ4v) is 5.25. The van der Waals surface area contributed by atoms with Crippen molar-refractivity contribution in [3.63, 3.8) is 0 Å². The van der Waals surface area contributed by atoms with Crippen LogP contribution in [0.4, 0.5) is 0 Å². The Morgan fingerprint density at radius 2 is 1.89 bits per heavy atom. The molecule has 3 aromatic heterocycles. The third-order valence-electron chi connectivity index (χ3n) is 7.35. The molecule has 0 bridgehead atoms. The predicted octanol–water partition coefficient (Wildman–Crippen LogP) is 5.14. The predicted molar refractivity (Wildman–Crippen MR) is 146 cm³/mol. The zero-order valence-electron chi connectivity index (χ0n) is 21.8. The molecule has 192 valence electrons. The highest BCUT2D eigenvalue weighted by Gasteiger charge is 2.27. The number of rotatable bonds is 5. The van der Waals surface area contributed by atoms with Gasteiger partial charge >= 0.3 is 0 Å². The molecule has 1 aliphatic heterocycles. The van der Waals surface area contributed by atoms with E-state index in [9.17, 15) is 4.79 Å². The number of nitrogens with zero attached hydrogens (tertiary/aromatic N) is 7. The molecule has 0 saturated carbocycles. The van der Waals surface area contributed by atoms with Crippen LogP contribution in [0.3, 0.4) is 0 Å². The molecule has 0 spiro atoms. The number of hydrogen-bond donors (Lipinski definition) is 0. The molecule has 9 nitrogen and oxygen atoms in total. The van der Waals surface area contributed by atoms with E-state index in [1.807, 2.05) is 65.4 Å². The van der Waals surface area contributed by atoms with Gasteiger partial charge < -0.3 is 14.2 Å². The maximum atomic E-state index is 12.0. The Balaban J connectivity index is 1.32. The van der Waals surface area contributed by atoms with Crippen molar-refractivity contribution in [3.05, 3.63) is 73.0 Å². The number of imidazole rings is 1. The van der Waals surface area contributed by atoms with Gasteiger partial charge in [-0.05, 0) is 68.7 Å². The van der Waals surface area contributed by atoms with Gasteiger partial charge in [-0.3, -0.25) is 4.79 Å². The second kappa shape index (κ2) is 9.41. The molecule has 1 fully saturated rings. The van der Waals surface area contributed by atoms with Gasteiger partial charge in [0.25, 0.3) is 0 Å². The minimum Gasteiger partial charge on any atom is -0.457 e. The molecule has 1 amide bonds. The van der Waals surface area contributed by atoms with E-state index in [0.29, 0.717) is 13.1 Å². The van der Waals surface area contributed by atoms with E-state index in [1.54, 1.807) is 12.7 Å². The number of carbonyl (C=O) groups is 1. The number of hydrogen-bond acceptors (Lipinski definition) is 6. The molecule has 0 unspecified atom stereocenters. The number of likely N-dealkylation sites (tertiary alicyclic amines) is 1. The van der Waals surface area contributed by atoms with Gasteiger partial charge in [0.15, 0.2) is 5.65 Å². The highest BCUT2D eigenvalue weighted by Crippen LogP contribution is 2.36. The summed E-state index contributed by atoms with van der Waals surface area (Å²) >= 11 is 0. The number of ether oxygens (including phenoxy) is 1. The lowest BCUT2D eigenvalue weighted by Gasteiger charge is -2.31. The van der Waals surface area contributed by atoms with Crippen molar-refractivity contribution < 1.29 is 9.53 Å². The lowest BCUT2D eigenvalue weighted by molar-refractivity contribution is -0.127. The molecule has 38 heavy (non-hydrogen) atoms. The van der Waals surface area contributed by atoms with Gasteiger partial charge in [0.2, 0.25) is 5.91 Å². The summed E-state index contributed by atoms with van der Waals surface area (Å²) in [4.78, 5) is 27.4. The van der Waals surface area contributed by atoms with E-state index in [2.05, 4.69) is 27.6 Å². The van der Waals surface area contributed by atoms with E-state index in [1.165, 1.54) is 6.08 Å². The van der Waals surface area contributed by atoms with Crippen LogP contribution < -0.4 is 4.74 Å². The zero-order valence-corrected chi connectivity index (χ0v) is 21.8. The molecule has 0 radical (unpaired) electrons. The second-order valence-corrected chi connectivity index (χ2v) is 9.80. The van der Waals surface area contributed by atoms with Crippen molar-refractivity contribution in [2.24, 2.45) is 7.05 Å². The molecule has 1 aliphatic rings. The first-order valence-corrected chi connectivity index (χ1v) is 12.7. The number of piperidine rings is 1. The Morgan fingerprint density at radius 3 is 2.66 bits per heavy atom. The maximum absolute atomic E-state index is 12.0. The van der Waals surface area contributed by atoms with Crippen molar-refractivity contribution in [1.29, 1.82) is 0 Å². The normalized spacial score (nSPS) is 14.3. The molecule has 1 saturated heterocycles. The summed E-state index contributed by atoms with van der Waals surface area (Å²) in [5.74, 6) is 1.50. The second-order valence-electron chi connectivity index (χ2n) is 9.80. The van der Waals surface area contributed by atoms with Gasteiger partial charge in [-0.1, -0.05) is 6.58 Å². The lowest BCUT2D eigenvalue weighted by Crippen LogP contribution is -2.38. The van der Waals surface area contributed by atoms with Gasteiger partial charge in [0, 0.05) is 31.8 Å². The van der Waals surface area contributed by atoms with E-state index in [0.717, 1.165) is 68.9 Å². The third-order valence-corrected chi connectivity index (χ3v) is 7.35. The third kappa shape index (κ3) is 4.09. The number of benzene rings is 2. The molecule has 5 aromatic rings. The Hall–Kier alpha value is -4.53. The van der Waals surface area contributed by atoms with Crippen LogP contribution >= 0.6 is 0 Å². The number of amides is 1. The topological polar surface area (TPSA) is 91.0 Å². The summed E-state index contributed by atoms with van der Waals surface area (Å²) < 4.78 is 10.2. The standard InChI is InChI=1S/C29H29N7O2/c1-5-26(37)35-12-10-21(11-13-35)36-29-27(19(3)30-16-31-29)28(33-36)20-6-9-25(18(2)14-20)38-22-7-8-24-23(15-22)32-17-34(24)4/h5-9,14-17,21H,1,10-13H2,2-4H3. The van der Waals surface area contributed by atoms with E-state index in [4.69, 9.17) is 9.84 Å². The van der Waals surface area contributed by atoms with Crippen LogP contribution in [0.25, 0.3) is 33.3 Å². The molecule has 6 rings (SSSR count). The zero-order chi connectivity index (χ0) is 26.4. The molecule has 0 atom stereocenters. The number of fused-ring (bicyclic) bond motifs is 2. The van der Waals surface area contributed by atoms with Gasteiger partial charge in [-0.25, -0.2) is 19.6 Å². The van der Waals surface area contributed by atoms with Crippen LogP contribution in [-0.4, -0.2) is 53.2 Å². The quantitative estimate of drug-likeness (QED) is 0.306. The molecule has 9 heteroatoms. The number of aromatic nitrogens is 6. The fourth-order valence-electron chi connectivity index (χ4n) is 5.25. The summed E-state index contributed by atoms with van der Waals surface area (Å²) in [6.45, 7) is 8.98. The molecule has 4 heterocycles. The van der Waals surface area contributed by atoms with Crippen LogP contribution in [0, 0.1) is 13.8 Å². The number of carbonyl (C=O) groups excluding carboxylic acids is 1. The average molecular weight is 508 g/mol. The first-order valence-electron chi connectivity index (χ1n) is 12.7. The Bertz CT molecular complexity index is 1690. The van der Waals surface area contributed by atoms with Crippen molar-refractivity contribution in [3.8, 4) is 22.8 Å². The van der Waals surface area contributed by atoms with Crippen molar-refractivity contribution in [2.45, 2.75) is 32.7 Å². The van der Waals surface area contributed by atoms with Gasteiger partial charge in [-0.15, -0.1) is 0 Å². The molecular weight excluding hydrogens is 478 g/mol. The largest absolute Gasteiger partial charge is 0.457 e. The Morgan fingerprint density at radius 1 is 1.08 bits per heavy atom. The van der Waals surface area contributed by atoms with Gasteiger partial charge in [-0.2, -0.15) is 5.10 Å². The Kier molecular flexibility index (Phi) is 5.90. The first kappa shape index (κ1) is 23.8. The van der Waals surface area contributed by atoms with Crippen LogP contribution in [0.15, 0.2) is 61.7 Å². The van der Waals surface area contributed by atoms with Crippen molar-refractivity contribution in [1.82, 2.24) is 34.2 Å². The summed E-state index contributed by atoms with van der Waals surface area (Å²) in [6.07, 6.45) is 6.39. The molecular formula is C29H29N7O2. The number of aryl methyl sites for hydroxylation is 3. The molecule has 0 N–H and O–H groups in total. The Labute approximate surface area is 220 Å². The average Bonchev–Trinajstić information content (AvgIpc) is 3.51. The minimum atomic E-state index is -0.0228. The lowest BCUT2D eigenvalue weighted by atomic mass is 10.0. The van der Waals surface area contributed by atoms with Crippen molar-refractivity contribution in [2.75, 3.05) is 13.1 Å². The summed E-state index contributed by atoms with van der Waals surface area (Å²) in [5.41, 5.74) is 6.49. The summed E-state index contributed by atoms with van der Waals surface area (Å²) in [6, 6.07) is 12.2. The smallest absolute Gasteiger partial charge is 0.245 e. The fraction of sp³-hybridized carbons (Fsp3) is 0.276. The highest BCUT2D eigenvalue weighted by atomic mass is 16.5. The summed E-state index contributed by atoms with van der Waals surface area (Å²) in [7, 11) is 1.98. The summed E-state index contributed by atoms with van der Waals surface area (Å²) in [5, 5.41) is 6.01. The van der Waals surface area contributed by atoms with E-state index >= 15 is 0 Å². The van der Waals surface area contributed by atoms with Gasteiger partial charge in [0.1, 0.15) is 23.5 Å². The van der Waals surface area contributed by atoms with Gasteiger partial charge in [0.05, 0.1) is 34.5 Å². The molecule has 0 aliphatic carbocycles. The first-order chi connectivity index (χ1) is 18.4. The molecule has 2 aromatic carbocycles. The van der Waals surface area contributed by atoms with Crippen LogP contribution in [0.5, 0.6) is 11.5 Å². The van der Waals surface area contributed by atoms with Crippen LogP contribution in [-0.2, 0) is 11.8 Å². The SMILES string of the molecule is C=CC(=O)N1CCC(n2nc(-c3ccc(Oc4ccc5c(c4)ncn5C)c(C)c3)c3c(C)ncnc32)CC1. The van der Waals surface area contributed by atoms with Crippen LogP contribution in [0.1, 0.15) is 30.1 Å². The monoisotopic (exact) mass is 507 g/mol. The van der Waals surface area contributed by atoms with Crippen molar-refractivity contribution >= 4 is 28.0 Å². The maximum Gasteiger partial charge on any atom is 0.245 e. The minimum absolute atomic E-state index is 0.0228. The van der Waals surface area contributed by atoms with Crippen LogP contribution in [0.2, 0.25) is 0 Å². The van der Waals surface area contributed by atoms with E-state index in [-0.39, 0.29) is 11.9 Å². The highest BCUT2D eigenvalue weighted by molar-refractivity contribution is 5.93.